The molecule has 12 atom stereocenters. The van der Waals surface area contributed by atoms with Crippen LogP contribution in [0.4, 0.5) is 0 Å². The maximum Gasteiger partial charge on any atom is 0.331 e. The normalized spacial score (nSPS) is 40.3. The average molecular weight is 721 g/mol. The molecule has 0 aromatic carbocycles. The van der Waals surface area contributed by atoms with Crippen LogP contribution in [0.1, 0.15) is 79.1 Å². The van der Waals surface area contributed by atoms with Gasteiger partial charge in [-0.3, -0.25) is 0 Å². The third kappa shape index (κ3) is 22.1. The highest BCUT2D eigenvalue weighted by molar-refractivity contribution is 5.82. The fourth-order valence-electron chi connectivity index (χ4n) is 5.85. The highest BCUT2D eigenvalue weighted by Crippen LogP contribution is 2.22. The van der Waals surface area contributed by atoms with E-state index in [1.165, 1.54) is 12.2 Å². The molecule has 0 saturated heterocycles. The van der Waals surface area contributed by atoms with Gasteiger partial charge in [-0.1, -0.05) is 107 Å². The topological polar surface area (TPSA) is 208 Å². The van der Waals surface area contributed by atoms with Gasteiger partial charge in [0.2, 0.25) is 0 Å². The van der Waals surface area contributed by atoms with Crippen molar-refractivity contribution in [3.8, 4) is 0 Å². The van der Waals surface area contributed by atoms with Crippen molar-refractivity contribution in [3.05, 3.63) is 85.1 Å². The first kappa shape index (κ1) is 46.3. The van der Waals surface area contributed by atoms with E-state index in [1.807, 2.05) is 45.1 Å². The van der Waals surface area contributed by atoms with Crippen molar-refractivity contribution in [1.29, 1.82) is 0 Å². The van der Waals surface area contributed by atoms with Crippen molar-refractivity contribution in [1.82, 2.24) is 0 Å². The quantitative estimate of drug-likeness (QED) is 0.142. The lowest BCUT2D eigenvalue weighted by atomic mass is 9.90. The van der Waals surface area contributed by atoms with E-state index in [2.05, 4.69) is 0 Å². The minimum atomic E-state index is -1.13. The molecule has 12 unspecified atom stereocenters. The number of aliphatic hydroxyl groups is 9. The fourth-order valence-corrected chi connectivity index (χ4v) is 5.85. The van der Waals surface area contributed by atoms with Crippen molar-refractivity contribution in [3.63, 3.8) is 0 Å². The summed E-state index contributed by atoms with van der Waals surface area (Å²) in [6.07, 6.45) is 13.4. The van der Waals surface area contributed by atoms with Gasteiger partial charge in [0.1, 0.15) is 6.10 Å². The number of carbonyl (C=O) groups is 1. The zero-order valence-electron chi connectivity index (χ0n) is 30.6. The summed E-state index contributed by atoms with van der Waals surface area (Å²) in [5, 5.41) is 93.9. The van der Waals surface area contributed by atoms with Crippen LogP contribution in [-0.2, 0) is 9.53 Å². The Morgan fingerprint density at radius 2 is 0.961 bits per heavy atom. The molecule has 0 bridgehead atoms. The van der Waals surface area contributed by atoms with Gasteiger partial charge in [-0.15, -0.1) is 0 Å². The second-order valence-corrected chi connectivity index (χ2v) is 14.1. The Morgan fingerprint density at radius 1 is 0.549 bits per heavy atom. The van der Waals surface area contributed by atoms with Crippen LogP contribution in [-0.4, -0.2) is 113 Å². The van der Waals surface area contributed by atoms with Gasteiger partial charge in [0.15, 0.2) is 0 Å². The van der Waals surface area contributed by atoms with Crippen molar-refractivity contribution in [2.45, 2.75) is 140 Å². The van der Waals surface area contributed by atoms with Gasteiger partial charge in [0, 0.05) is 24.3 Å². The average Bonchev–Trinajstić information content (AvgIpc) is 3.02. The van der Waals surface area contributed by atoms with Crippen LogP contribution in [0, 0.1) is 17.8 Å². The molecule has 0 aromatic rings. The molecule has 1 heterocycles. The predicted molar refractivity (Wildman–Crippen MR) is 198 cm³/mol. The van der Waals surface area contributed by atoms with Crippen LogP contribution in [0.3, 0.4) is 0 Å². The third-order valence-electron chi connectivity index (χ3n) is 8.77. The molecule has 1 aliphatic heterocycles. The summed E-state index contributed by atoms with van der Waals surface area (Å²) < 4.78 is 5.67. The van der Waals surface area contributed by atoms with Crippen molar-refractivity contribution in [2.75, 3.05) is 0 Å². The number of hydrogen-bond acceptors (Lipinski definition) is 11. The number of rotatable bonds is 1. The number of carbonyl (C=O) groups excluding carboxylic acids is 1. The molecule has 11 nitrogen and oxygen atoms in total. The maximum absolute atomic E-state index is 12.4. The number of esters is 1. The Kier molecular flexibility index (Phi) is 23.7. The third-order valence-corrected chi connectivity index (χ3v) is 8.77. The van der Waals surface area contributed by atoms with E-state index in [1.54, 1.807) is 55.5 Å². The van der Waals surface area contributed by atoms with Gasteiger partial charge in [0.25, 0.3) is 0 Å². The summed E-state index contributed by atoms with van der Waals surface area (Å²) in [5.74, 6) is -1.30. The van der Waals surface area contributed by atoms with Gasteiger partial charge >= 0.3 is 5.97 Å². The molecular formula is C40H64O11. The molecular weight excluding hydrogens is 656 g/mol. The summed E-state index contributed by atoms with van der Waals surface area (Å²) in [6.45, 7) is 7.38. The lowest BCUT2D eigenvalue weighted by molar-refractivity contribution is -0.147. The van der Waals surface area contributed by atoms with Crippen molar-refractivity contribution < 1.29 is 55.5 Å². The van der Waals surface area contributed by atoms with Crippen LogP contribution in [0.15, 0.2) is 85.1 Å². The van der Waals surface area contributed by atoms with Gasteiger partial charge in [-0.2, -0.15) is 0 Å². The van der Waals surface area contributed by atoms with Crippen molar-refractivity contribution in [2.24, 2.45) is 17.8 Å². The maximum atomic E-state index is 12.4. The standard InChI is InChI=1S/C40H64O11/c1-27(2)40-28(3)18-19-30(41)20-31(42)21-32(43)22-33(44)23-34(45)24-35(46)25-36(47)26-38(49)29(4)37(48)16-14-12-10-8-6-5-7-9-11-13-15-17-39(50)51-40/h5-15,17-19,27-38,40-49H,16,20-26H2,1-4H3/b6-5+,9-7+,10-8+,13-11+,14-12+,17-15+,19-18+. The Labute approximate surface area is 304 Å². The van der Waals surface area contributed by atoms with E-state index in [4.69, 9.17) is 4.74 Å². The molecule has 0 saturated carbocycles. The molecule has 0 fully saturated rings. The fraction of sp³-hybridized carbons (Fsp3) is 0.625. The van der Waals surface area contributed by atoms with Crippen LogP contribution < -0.4 is 0 Å². The van der Waals surface area contributed by atoms with Crippen LogP contribution >= 0.6 is 0 Å². The summed E-state index contributed by atoms with van der Waals surface area (Å²) >= 11 is 0. The first-order valence-corrected chi connectivity index (χ1v) is 18.1. The van der Waals surface area contributed by atoms with Crippen molar-refractivity contribution >= 4 is 5.97 Å². The molecule has 0 aromatic heterocycles. The second-order valence-electron chi connectivity index (χ2n) is 14.1. The van der Waals surface area contributed by atoms with Crippen LogP contribution in [0.5, 0.6) is 0 Å². The molecule has 9 N–H and O–H groups in total. The summed E-state index contributed by atoms with van der Waals surface area (Å²) in [7, 11) is 0. The lowest BCUT2D eigenvalue weighted by Crippen LogP contribution is -2.34. The summed E-state index contributed by atoms with van der Waals surface area (Å²) in [4.78, 5) is 12.4. The SMILES string of the molecule is CC(C)C1OC(=O)/C=C/C=C/C=C/C=C/C=C/C=C/CC(O)C(C)C(O)CC(O)CC(O)CC(O)CC(O)CC(O)CC(O)CC(O)/C=C/C1C. The largest absolute Gasteiger partial charge is 0.458 e. The summed E-state index contributed by atoms with van der Waals surface area (Å²) in [6, 6.07) is 0. The monoisotopic (exact) mass is 720 g/mol. The zero-order chi connectivity index (χ0) is 38.3. The molecule has 11 heteroatoms. The molecule has 290 valence electrons. The number of allylic oxidation sites excluding steroid dienone is 10. The smallest absolute Gasteiger partial charge is 0.331 e. The predicted octanol–water partition coefficient (Wildman–Crippen LogP) is 3.10. The number of cyclic esters (lactones) is 1. The minimum Gasteiger partial charge on any atom is -0.458 e. The first-order chi connectivity index (χ1) is 24.1. The molecule has 0 amide bonds. The molecule has 51 heavy (non-hydrogen) atoms. The summed E-state index contributed by atoms with van der Waals surface area (Å²) in [5.41, 5.74) is 0. The van der Waals surface area contributed by atoms with Crippen LogP contribution in [0.2, 0.25) is 0 Å². The van der Waals surface area contributed by atoms with E-state index in [0.717, 1.165) is 0 Å². The van der Waals surface area contributed by atoms with E-state index in [-0.39, 0.29) is 63.2 Å². The Bertz CT molecular complexity index is 1160. The van der Waals surface area contributed by atoms with Gasteiger partial charge < -0.3 is 50.7 Å². The van der Waals surface area contributed by atoms with Crippen LogP contribution in [0.25, 0.3) is 0 Å². The van der Waals surface area contributed by atoms with Gasteiger partial charge in [-0.05, 0) is 50.9 Å². The van der Waals surface area contributed by atoms with E-state index in [0.29, 0.717) is 0 Å². The Morgan fingerprint density at radius 3 is 1.43 bits per heavy atom. The first-order valence-electron chi connectivity index (χ1n) is 18.1. The van der Waals surface area contributed by atoms with Gasteiger partial charge in [0.05, 0.1) is 54.9 Å². The molecule has 1 rings (SSSR count). The molecule has 0 radical (unpaired) electrons. The Hall–Kier alpha value is -2.71. The highest BCUT2D eigenvalue weighted by Gasteiger charge is 2.27. The minimum absolute atomic E-state index is 0.00960. The molecule has 1 aliphatic rings. The Balaban J connectivity index is 2.97. The van der Waals surface area contributed by atoms with E-state index >= 15 is 0 Å². The highest BCUT2D eigenvalue weighted by atomic mass is 16.5. The van der Waals surface area contributed by atoms with E-state index < -0.39 is 72.9 Å². The number of ether oxygens (including phenoxy) is 1. The second kappa shape index (κ2) is 26.1. The number of hydrogen-bond donors (Lipinski definition) is 9. The molecule has 0 aliphatic carbocycles. The number of aliphatic hydroxyl groups excluding tert-OH is 9. The van der Waals surface area contributed by atoms with E-state index in [9.17, 15) is 50.8 Å². The lowest BCUT2D eigenvalue weighted by Gasteiger charge is -2.26. The molecule has 0 spiro atoms. The van der Waals surface area contributed by atoms with Gasteiger partial charge in [-0.25, -0.2) is 4.79 Å². The zero-order valence-corrected chi connectivity index (χ0v) is 30.6.